The van der Waals surface area contributed by atoms with Crippen LogP contribution in [0.5, 0.6) is 0 Å². The summed E-state index contributed by atoms with van der Waals surface area (Å²) in [7, 11) is 0. The van der Waals surface area contributed by atoms with Crippen molar-refractivity contribution in [3.63, 3.8) is 0 Å². The van der Waals surface area contributed by atoms with Gasteiger partial charge in [0, 0.05) is 0 Å². The number of nitrogens with zero attached hydrogens (tertiary/aromatic N) is 1. The molecular formula is C12H12ClFN2O. The van der Waals surface area contributed by atoms with Crippen molar-refractivity contribution in [2.24, 2.45) is 5.41 Å². The predicted octanol–water partition coefficient (Wildman–Crippen LogP) is 3.36. The standard InChI is InChI=1S/C12H12ClFN2O/c1-3-12(2,7-15)11(17)16-9-6-4-5-8(13)10(9)14/h4-6H,3H2,1-2H3,(H,16,17). The minimum Gasteiger partial charge on any atom is -0.322 e. The number of hydrogen-bond donors (Lipinski definition) is 1. The summed E-state index contributed by atoms with van der Waals surface area (Å²) in [6, 6.07) is 6.22. The summed E-state index contributed by atoms with van der Waals surface area (Å²) in [5.74, 6) is -1.23. The maximum Gasteiger partial charge on any atom is 0.244 e. The van der Waals surface area contributed by atoms with Crippen LogP contribution in [0.2, 0.25) is 5.02 Å². The Morgan fingerprint density at radius 1 is 1.65 bits per heavy atom. The van der Waals surface area contributed by atoms with Gasteiger partial charge in [-0.1, -0.05) is 24.6 Å². The maximum absolute atomic E-state index is 13.5. The zero-order valence-electron chi connectivity index (χ0n) is 9.55. The van der Waals surface area contributed by atoms with Gasteiger partial charge in [0.15, 0.2) is 5.82 Å². The molecule has 0 aliphatic carbocycles. The molecule has 0 aliphatic rings. The van der Waals surface area contributed by atoms with Gasteiger partial charge in [-0.15, -0.1) is 0 Å². The molecule has 0 bridgehead atoms. The Hall–Kier alpha value is -1.60. The van der Waals surface area contributed by atoms with E-state index in [1.807, 2.05) is 6.07 Å². The molecule has 17 heavy (non-hydrogen) atoms. The average molecular weight is 255 g/mol. The smallest absolute Gasteiger partial charge is 0.244 e. The molecule has 0 spiro atoms. The number of carbonyl (C=O) groups is 1. The van der Waals surface area contributed by atoms with Crippen LogP contribution in [0.15, 0.2) is 18.2 Å². The number of amides is 1. The van der Waals surface area contributed by atoms with Crippen LogP contribution in [0, 0.1) is 22.6 Å². The number of rotatable bonds is 3. The summed E-state index contributed by atoms with van der Waals surface area (Å²) < 4.78 is 13.5. The van der Waals surface area contributed by atoms with Gasteiger partial charge in [-0.3, -0.25) is 4.79 Å². The van der Waals surface area contributed by atoms with Crippen LogP contribution in [-0.4, -0.2) is 5.91 Å². The normalized spacial score (nSPS) is 13.6. The highest BCUT2D eigenvalue weighted by Gasteiger charge is 2.31. The second-order valence-electron chi connectivity index (χ2n) is 3.85. The van der Waals surface area contributed by atoms with Crippen molar-refractivity contribution in [3.8, 4) is 6.07 Å². The quantitative estimate of drug-likeness (QED) is 0.899. The summed E-state index contributed by atoms with van der Waals surface area (Å²) in [5.41, 5.74) is -1.19. The Kier molecular flexibility index (Phi) is 4.08. The van der Waals surface area contributed by atoms with E-state index in [-0.39, 0.29) is 10.7 Å². The highest BCUT2D eigenvalue weighted by molar-refractivity contribution is 6.31. The summed E-state index contributed by atoms with van der Waals surface area (Å²) in [6.07, 6.45) is 0.345. The molecular weight excluding hydrogens is 243 g/mol. The van der Waals surface area contributed by atoms with Crippen molar-refractivity contribution in [3.05, 3.63) is 29.0 Å². The molecule has 3 nitrogen and oxygen atoms in total. The van der Waals surface area contributed by atoms with E-state index in [2.05, 4.69) is 5.32 Å². The van der Waals surface area contributed by atoms with Gasteiger partial charge in [0.05, 0.1) is 16.8 Å². The van der Waals surface area contributed by atoms with E-state index in [9.17, 15) is 9.18 Å². The third-order valence-corrected chi connectivity index (χ3v) is 2.95. The Labute approximate surface area is 104 Å². The first kappa shape index (κ1) is 13.5. The average Bonchev–Trinajstić information content (AvgIpc) is 2.33. The van der Waals surface area contributed by atoms with Crippen molar-refractivity contribution in [1.82, 2.24) is 0 Å². The Balaban J connectivity index is 2.97. The molecule has 1 aromatic carbocycles. The van der Waals surface area contributed by atoms with Crippen molar-refractivity contribution in [2.45, 2.75) is 20.3 Å². The highest BCUT2D eigenvalue weighted by atomic mass is 35.5. The summed E-state index contributed by atoms with van der Waals surface area (Å²) in [4.78, 5) is 11.8. The number of halogens is 2. The Morgan fingerprint density at radius 3 is 2.82 bits per heavy atom. The fourth-order valence-electron chi connectivity index (χ4n) is 1.15. The van der Waals surface area contributed by atoms with Crippen LogP contribution in [0.3, 0.4) is 0 Å². The zero-order valence-corrected chi connectivity index (χ0v) is 10.3. The zero-order chi connectivity index (χ0) is 13.1. The number of anilines is 1. The lowest BCUT2D eigenvalue weighted by Crippen LogP contribution is -2.31. The number of nitriles is 1. The molecule has 0 aliphatic heterocycles. The van der Waals surface area contributed by atoms with E-state index in [4.69, 9.17) is 16.9 Å². The number of carbonyl (C=O) groups excluding carboxylic acids is 1. The first-order valence-electron chi connectivity index (χ1n) is 5.11. The third-order valence-electron chi connectivity index (χ3n) is 2.65. The predicted molar refractivity (Wildman–Crippen MR) is 64.1 cm³/mol. The molecule has 90 valence electrons. The monoisotopic (exact) mass is 254 g/mol. The molecule has 1 N–H and O–H groups in total. The summed E-state index contributed by atoms with van der Waals surface area (Å²) in [6.45, 7) is 3.22. The second-order valence-corrected chi connectivity index (χ2v) is 4.26. The number of hydrogen-bond acceptors (Lipinski definition) is 2. The van der Waals surface area contributed by atoms with E-state index in [0.717, 1.165) is 0 Å². The SMILES string of the molecule is CCC(C)(C#N)C(=O)Nc1cccc(Cl)c1F. The Morgan fingerprint density at radius 2 is 2.29 bits per heavy atom. The highest BCUT2D eigenvalue weighted by Crippen LogP contribution is 2.26. The summed E-state index contributed by atoms with van der Waals surface area (Å²) >= 11 is 5.59. The van der Waals surface area contributed by atoms with Crippen LogP contribution in [0.25, 0.3) is 0 Å². The van der Waals surface area contributed by atoms with Crippen LogP contribution in [0.4, 0.5) is 10.1 Å². The van der Waals surface area contributed by atoms with Gasteiger partial charge in [-0.05, 0) is 25.5 Å². The van der Waals surface area contributed by atoms with Gasteiger partial charge in [0.25, 0.3) is 0 Å². The van der Waals surface area contributed by atoms with Crippen molar-refractivity contribution < 1.29 is 9.18 Å². The van der Waals surface area contributed by atoms with E-state index >= 15 is 0 Å². The molecule has 0 saturated carbocycles. The van der Waals surface area contributed by atoms with Crippen molar-refractivity contribution >= 4 is 23.2 Å². The molecule has 0 saturated heterocycles. The van der Waals surface area contributed by atoms with Gasteiger partial charge in [-0.2, -0.15) is 5.26 Å². The molecule has 5 heteroatoms. The first-order valence-corrected chi connectivity index (χ1v) is 5.49. The lowest BCUT2D eigenvalue weighted by atomic mass is 9.88. The first-order chi connectivity index (χ1) is 7.94. The van der Waals surface area contributed by atoms with Crippen molar-refractivity contribution in [2.75, 3.05) is 5.32 Å². The van der Waals surface area contributed by atoms with Gasteiger partial charge < -0.3 is 5.32 Å². The Bertz CT molecular complexity index is 484. The molecule has 1 rings (SSSR count). The van der Waals surface area contributed by atoms with Crippen LogP contribution in [-0.2, 0) is 4.79 Å². The lowest BCUT2D eigenvalue weighted by molar-refractivity contribution is -0.122. The minimum atomic E-state index is -1.17. The molecule has 0 radical (unpaired) electrons. The molecule has 1 unspecified atom stereocenters. The van der Waals surface area contributed by atoms with Gasteiger partial charge >= 0.3 is 0 Å². The topological polar surface area (TPSA) is 52.9 Å². The molecule has 1 amide bonds. The van der Waals surface area contributed by atoms with E-state index < -0.39 is 17.1 Å². The van der Waals surface area contributed by atoms with E-state index in [1.165, 1.54) is 25.1 Å². The summed E-state index contributed by atoms with van der Waals surface area (Å²) in [5, 5.41) is 11.2. The molecule has 0 aromatic heterocycles. The van der Waals surface area contributed by atoms with Gasteiger partial charge in [0.1, 0.15) is 5.41 Å². The number of benzene rings is 1. The van der Waals surface area contributed by atoms with Gasteiger partial charge in [-0.25, -0.2) is 4.39 Å². The van der Waals surface area contributed by atoms with Crippen LogP contribution in [0.1, 0.15) is 20.3 Å². The van der Waals surface area contributed by atoms with Crippen molar-refractivity contribution in [1.29, 1.82) is 5.26 Å². The van der Waals surface area contributed by atoms with E-state index in [0.29, 0.717) is 6.42 Å². The fraction of sp³-hybridized carbons (Fsp3) is 0.333. The molecule has 0 fully saturated rings. The minimum absolute atomic E-state index is 0.0163. The van der Waals surface area contributed by atoms with Crippen LogP contribution < -0.4 is 5.32 Å². The molecule has 0 heterocycles. The lowest BCUT2D eigenvalue weighted by Gasteiger charge is -2.18. The largest absolute Gasteiger partial charge is 0.322 e. The molecule has 1 aromatic rings. The number of nitrogens with one attached hydrogen (secondary N) is 1. The molecule has 1 atom stereocenters. The second kappa shape index (κ2) is 5.15. The van der Waals surface area contributed by atoms with Gasteiger partial charge in [0.2, 0.25) is 5.91 Å². The van der Waals surface area contributed by atoms with Crippen LogP contribution >= 0.6 is 11.6 Å². The third kappa shape index (κ3) is 2.75. The fourth-order valence-corrected chi connectivity index (χ4v) is 1.33. The van der Waals surface area contributed by atoms with E-state index in [1.54, 1.807) is 6.92 Å². The maximum atomic E-state index is 13.5.